The summed E-state index contributed by atoms with van der Waals surface area (Å²) < 4.78 is 21.3. The molecule has 0 atom stereocenters. The molecule has 1 saturated heterocycles. The van der Waals surface area contributed by atoms with Crippen LogP contribution in [0, 0.1) is 0 Å². The van der Waals surface area contributed by atoms with Gasteiger partial charge >= 0.3 is 0 Å². The number of carbonyl (C=O) groups excluding carboxylic acids is 1. The summed E-state index contributed by atoms with van der Waals surface area (Å²) in [5.41, 5.74) is 0.260. The molecule has 8 heteroatoms. The van der Waals surface area contributed by atoms with E-state index in [0.29, 0.717) is 29.5 Å². The van der Waals surface area contributed by atoms with Crippen molar-refractivity contribution < 1.29 is 23.4 Å². The van der Waals surface area contributed by atoms with Gasteiger partial charge in [0.1, 0.15) is 12.0 Å². The van der Waals surface area contributed by atoms with Gasteiger partial charge in [0.05, 0.1) is 6.54 Å². The van der Waals surface area contributed by atoms with Crippen molar-refractivity contribution >= 4 is 11.6 Å². The molecule has 2 aromatic rings. The molecule has 2 aliphatic heterocycles. The second kappa shape index (κ2) is 8.35. The van der Waals surface area contributed by atoms with Crippen LogP contribution in [0.1, 0.15) is 25.0 Å². The summed E-state index contributed by atoms with van der Waals surface area (Å²) in [4.78, 5) is 26.6. The molecule has 3 heterocycles. The average Bonchev–Trinajstić information content (AvgIpc) is 3.16. The van der Waals surface area contributed by atoms with Gasteiger partial charge in [-0.2, -0.15) is 0 Å². The number of benzene rings is 1. The second-order valence-electron chi connectivity index (χ2n) is 6.82. The molecular formula is C20H22N2O6. The second-order valence-corrected chi connectivity index (χ2v) is 6.82. The van der Waals surface area contributed by atoms with Crippen molar-refractivity contribution in [1.29, 1.82) is 0 Å². The lowest BCUT2D eigenvalue weighted by molar-refractivity contribution is -0.118. The number of hydrogen-bond donors (Lipinski definition) is 1. The molecule has 0 unspecified atom stereocenters. The minimum absolute atomic E-state index is 0.0169. The zero-order valence-corrected chi connectivity index (χ0v) is 15.4. The highest BCUT2D eigenvalue weighted by molar-refractivity contribution is 5.92. The first-order valence-electron chi connectivity index (χ1n) is 9.34. The van der Waals surface area contributed by atoms with Crippen LogP contribution in [0.15, 0.2) is 39.7 Å². The maximum atomic E-state index is 12.2. The first-order valence-corrected chi connectivity index (χ1v) is 9.34. The van der Waals surface area contributed by atoms with E-state index >= 15 is 0 Å². The fourth-order valence-corrected chi connectivity index (χ4v) is 3.28. The van der Waals surface area contributed by atoms with Gasteiger partial charge < -0.3 is 23.9 Å². The highest BCUT2D eigenvalue weighted by atomic mass is 16.7. The Balaban J connectivity index is 1.30. The van der Waals surface area contributed by atoms with Crippen LogP contribution in [-0.2, 0) is 11.3 Å². The lowest BCUT2D eigenvalue weighted by atomic mass is 10.1. The number of nitrogens with zero attached hydrogens (tertiary/aromatic N) is 1. The zero-order chi connectivity index (χ0) is 19.3. The lowest BCUT2D eigenvalue weighted by Gasteiger charge is -2.25. The molecule has 0 aliphatic carbocycles. The number of amides is 1. The molecule has 8 nitrogen and oxygen atoms in total. The van der Waals surface area contributed by atoms with E-state index in [-0.39, 0.29) is 24.6 Å². The van der Waals surface area contributed by atoms with Gasteiger partial charge in [0, 0.05) is 17.8 Å². The Kier molecular flexibility index (Phi) is 5.48. The molecule has 28 heavy (non-hydrogen) atoms. The van der Waals surface area contributed by atoms with E-state index in [2.05, 4.69) is 10.2 Å². The molecule has 0 saturated carbocycles. The van der Waals surface area contributed by atoms with Crippen LogP contribution in [0.2, 0.25) is 0 Å². The number of likely N-dealkylation sites (tertiary alicyclic amines) is 1. The number of nitrogens with one attached hydrogen (secondary N) is 1. The molecule has 0 bridgehead atoms. The molecular weight excluding hydrogens is 364 g/mol. The van der Waals surface area contributed by atoms with E-state index in [1.54, 1.807) is 18.2 Å². The van der Waals surface area contributed by atoms with Gasteiger partial charge in [-0.15, -0.1) is 0 Å². The minimum atomic E-state index is -0.393. The fraction of sp³-hybridized carbons (Fsp3) is 0.400. The summed E-state index contributed by atoms with van der Waals surface area (Å²) in [6.07, 6.45) is 4.87. The highest BCUT2D eigenvalue weighted by Crippen LogP contribution is 2.34. The van der Waals surface area contributed by atoms with Gasteiger partial charge in [0.2, 0.25) is 18.0 Å². The number of ether oxygens (including phenoxy) is 3. The summed E-state index contributed by atoms with van der Waals surface area (Å²) in [6.45, 7) is 2.51. The highest BCUT2D eigenvalue weighted by Gasteiger charge is 2.16. The van der Waals surface area contributed by atoms with Gasteiger partial charge in [-0.25, -0.2) is 0 Å². The van der Waals surface area contributed by atoms with Crippen LogP contribution in [-0.4, -0.2) is 37.3 Å². The molecule has 0 radical (unpaired) electrons. The molecule has 1 aromatic carbocycles. The number of carbonyl (C=O) groups is 1. The fourth-order valence-electron chi connectivity index (χ4n) is 3.28. The molecule has 1 N–H and O–H groups in total. The van der Waals surface area contributed by atoms with Crippen molar-refractivity contribution in [3.63, 3.8) is 0 Å². The molecule has 1 aromatic heterocycles. The Morgan fingerprint density at radius 3 is 2.75 bits per heavy atom. The van der Waals surface area contributed by atoms with E-state index in [1.165, 1.54) is 31.6 Å². The third-order valence-corrected chi connectivity index (χ3v) is 4.70. The number of hydrogen-bond acceptors (Lipinski definition) is 7. The number of anilines is 1. The van der Waals surface area contributed by atoms with E-state index in [1.807, 2.05) is 0 Å². The average molecular weight is 386 g/mol. The Labute approximate surface area is 162 Å². The first-order chi connectivity index (χ1) is 13.7. The van der Waals surface area contributed by atoms with Gasteiger partial charge in [0.15, 0.2) is 18.1 Å². The third-order valence-electron chi connectivity index (χ3n) is 4.70. The SMILES string of the molecule is O=C(COc1coc(CN2CCCCC2)cc1=O)Nc1ccc2c(c1)OCO2. The third kappa shape index (κ3) is 4.45. The monoisotopic (exact) mass is 386 g/mol. The van der Waals surface area contributed by atoms with Crippen LogP contribution in [0.3, 0.4) is 0 Å². The van der Waals surface area contributed by atoms with Crippen molar-refractivity contribution in [3.8, 4) is 17.2 Å². The molecule has 2 aliphatic rings. The van der Waals surface area contributed by atoms with E-state index < -0.39 is 5.91 Å². The zero-order valence-electron chi connectivity index (χ0n) is 15.4. The largest absolute Gasteiger partial charge is 0.477 e. The van der Waals surface area contributed by atoms with Gasteiger partial charge in [-0.3, -0.25) is 14.5 Å². The van der Waals surface area contributed by atoms with E-state index in [9.17, 15) is 9.59 Å². The topological polar surface area (TPSA) is 90.2 Å². The van der Waals surface area contributed by atoms with Crippen LogP contribution in [0.25, 0.3) is 0 Å². The predicted molar refractivity (Wildman–Crippen MR) is 101 cm³/mol. The Morgan fingerprint density at radius 1 is 1.11 bits per heavy atom. The van der Waals surface area contributed by atoms with Crippen molar-refractivity contribution in [3.05, 3.63) is 46.5 Å². The van der Waals surface area contributed by atoms with E-state index in [4.69, 9.17) is 18.6 Å². The quantitative estimate of drug-likeness (QED) is 0.815. The van der Waals surface area contributed by atoms with Crippen LogP contribution in [0.5, 0.6) is 17.2 Å². The van der Waals surface area contributed by atoms with Crippen molar-refractivity contribution in [2.24, 2.45) is 0 Å². The van der Waals surface area contributed by atoms with Crippen molar-refractivity contribution in [1.82, 2.24) is 4.90 Å². The first kappa shape index (κ1) is 18.4. The summed E-state index contributed by atoms with van der Waals surface area (Å²) in [6, 6.07) is 6.52. The van der Waals surface area contributed by atoms with Crippen molar-refractivity contribution in [2.75, 3.05) is 31.8 Å². The normalized spacial score (nSPS) is 16.0. The van der Waals surface area contributed by atoms with Gasteiger partial charge in [-0.1, -0.05) is 6.42 Å². The Morgan fingerprint density at radius 2 is 1.93 bits per heavy atom. The minimum Gasteiger partial charge on any atom is -0.477 e. The Hall–Kier alpha value is -3.00. The number of piperidine rings is 1. The summed E-state index contributed by atoms with van der Waals surface area (Å²) >= 11 is 0. The number of fused-ring (bicyclic) bond motifs is 1. The molecule has 1 amide bonds. The van der Waals surface area contributed by atoms with Crippen LogP contribution in [0.4, 0.5) is 5.69 Å². The van der Waals surface area contributed by atoms with Gasteiger partial charge in [0.25, 0.3) is 5.91 Å². The lowest BCUT2D eigenvalue weighted by Crippen LogP contribution is -2.29. The summed E-state index contributed by atoms with van der Waals surface area (Å²) in [5, 5.41) is 2.69. The molecule has 0 spiro atoms. The maximum Gasteiger partial charge on any atom is 0.262 e. The standard InChI is InChI=1S/C20H22N2O6/c23-16-9-15(10-22-6-2-1-3-7-22)25-11-19(16)26-12-20(24)21-14-4-5-17-18(8-14)28-13-27-17/h4-5,8-9,11H,1-3,6-7,10,12-13H2,(H,21,24). The maximum absolute atomic E-state index is 12.2. The van der Waals surface area contributed by atoms with Crippen LogP contribution < -0.4 is 25.0 Å². The smallest absolute Gasteiger partial charge is 0.262 e. The number of rotatable bonds is 6. The molecule has 4 rings (SSSR count). The van der Waals surface area contributed by atoms with Crippen molar-refractivity contribution in [2.45, 2.75) is 25.8 Å². The Bertz CT molecular complexity index is 904. The summed E-state index contributed by atoms with van der Waals surface area (Å²) in [5.74, 6) is 1.43. The molecule has 1 fully saturated rings. The summed E-state index contributed by atoms with van der Waals surface area (Å²) in [7, 11) is 0. The molecule has 148 valence electrons. The van der Waals surface area contributed by atoms with Crippen LogP contribution >= 0.6 is 0 Å². The predicted octanol–water partition coefficient (Wildman–Crippen LogP) is 2.37. The van der Waals surface area contributed by atoms with E-state index in [0.717, 1.165) is 13.1 Å². The van der Waals surface area contributed by atoms with Gasteiger partial charge in [-0.05, 0) is 38.1 Å².